The third-order valence-corrected chi connectivity index (χ3v) is 3.88. The molecule has 1 N–H and O–H groups in total. The number of nitro groups is 1. The summed E-state index contributed by atoms with van der Waals surface area (Å²) in [4.78, 5) is 26.0. The molecule has 10 heteroatoms. The van der Waals surface area contributed by atoms with E-state index in [1.807, 2.05) is 24.0 Å². The van der Waals surface area contributed by atoms with Crippen LogP contribution in [0.1, 0.15) is 17.5 Å². The van der Waals surface area contributed by atoms with Crippen molar-refractivity contribution in [2.45, 2.75) is 6.92 Å². The molecule has 3 heterocycles. The van der Waals surface area contributed by atoms with Crippen LogP contribution in [0.3, 0.4) is 0 Å². The molecule has 132 valence electrons. The first-order chi connectivity index (χ1) is 12.1. The van der Waals surface area contributed by atoms with Gasteiger partial charge in [0.1, 0.15) is 10.7 Å². The lowest BCUT2D eigenvalue weighted by Gasteiger charge is -2.34. The molecule has 1 saturated heterocycles. The highest BCUT2D eigenvalue weighted by Crippen LogP contribution is 2.19. The standard InChI is InChI=1S/C15H18N6O4/c1-2-16-12-4-5-13(18-17-12)19-7-9-20(10-8-19)15(22)11-3-6-14(25-11)21(23)24/h3-6H,2,7-10H2,1H3,(H,16,17). The van der Waals surface area contributed by atoms with Crippen molar-refractivity contribution in [1.29, 1.82) is 0 Å². The van der Waals surface area contributed by atoms with Crippen molar-refractivity contribution in [3.05, 3.63) is 40.1 Å². The number of aromatic nitrogens is 2. The summed E-state index contributed by atoms with van der Waals surface area (Å²) in [5, 5.41) is 22.0. The second-order valence-electron chi connectivity index (χ2n) is 5.48. The molecule has 1 amide bonds. The summed E-state index contributed by atoms with van der Waals surface area (Å²) in [5.41, 5.74) is 0. The average Bonchev–Trinajstić information content (AvgIpc) is 3.13. The molecular weight excluding hydrogens is 328 g/mol. The molecule has 3 rings (SSSR count). The molecule has 1 fully saturated rings. The van der Waals surface area contributed by atoms with Crippen molar-refractivity contribution in [2.75, 3.05) is 42.9 Å². The van der Waals surface area contributed by atoms with Crippen molar-refractivity contribution >= 4 is 23.4 Å². The zero-order chi connectivity index (χ0) is 17.8. The van der Waals surface area contributed by atoms with E-state index in [0.29, 0.717) is 26.2 Å². The Morgan fingerprint density at radius 3 is 2.56 bits per heavy atom. The summed E-state index contributed by atoms with van der Waals surface area (Å²) in [6.45, 7) is 4.92. The van der Waals surface area contributed by atoms with Crippen LogP contribution in [0, 0.1) is 10.1 Å². The number of carbonyl (C=O) groups is 1. The highest BCUT2D eigenvalue weighted by Gasteiger charge is 2.26. The van der Waals surface area contributed by atoms with E-state index < -0.39 is 10.8 Å². The number of nitrogens with zero attached hydrogens (tertiary/aromatic N) is 5. The van der Waals surface area contributed by atoms with Crippen LogP contribution in [-0.4, -0.2) is 58.7 Å². The average molecular weight is 346 g/mol. The van der Waals surface area contributed by atoms with Gasteiger partial charge in [-0.3, -0.25) is 14.9 Å². The number of rotatable bonds is 5. The molecule has 0 unspecified atom stereocenters. The number of anilines is 2. The largest absolute Gasteiger partial charge is 0.433 e. The zero-order valence-electron chi connectivity index (χ0n) is 13.7. The molecule has 10 nitrogen and oxygen atoms in total. The smallest absolute Gasteiger partial charge is 0.395 e. The zero-order valence-corrected chi connectivity index (χ0v) is 13.7. The maximum Gasteiger partial charge on any atom is 0.433 e. The van der Waals surface area contributed by atoms with Gasteiger partial charge < -0.3 is 19.5 Å². The van der Waals surface area contributed by atoms with Crippen molar-refractivity contribution in [3.8, 4) is 0 Å². The topological polar surface area (TPSA) is 118 Å². The van der Waals surface area contributed by atoms with Gasteiger partial charge in [0.2, 0.25) is 0 Å². The van der Waals surface area contributed by atoms with Gasteiger partial charge in [0.25, 0.3) is 5.91 Å². The third-order valence-electron chi connectivity index (χ3n) is 3.88. The predicted molar refractivity (Wildman–Crippen MR) is 89.7 cm³/mol. The fourth-order valence-electron chi connectivity index (χ4n) is 2.60. The number of carbonyl (C=O) groups excluding carboxylic acids is 1. The third kappa shape index (κ3) is 3.67. The van der Waals surface area contributed by atoms with E-state index in [-0.39, 0.29) is 11.7 Å². The molecule has 0 aromatic carbocycles. The second-order valence-corrected chi connectivity index (χ2v) is 5.48. The lowest BCUT2D eigenvalue weighted by molar-refractivity contribution is -0.402. The van der Waals surface area contributed by atoms with E-state index in [2.05, 4.69) is 15.5 Å². The normalized spacial score (nSPS) is 14.4. The van der Waals surface area contributed by atoms with E-state index in [4.69, 9.17) is 4.42 Å². The molecule has 1 aliphatic rings. The minimum atomic E-state index is -0.662. The fourth-order valence-corrected chi connectivity index (χ4v) is 2.60. The first-order valence-corrected chi connectivity index (χ1v) is 7.94. The molecule has 0 saturated carbocycles. The van der Waals surface area contributed by atoms with Gasteiger partial charge in [-0.25, -0.2) is 0 Å². The lowest BCUT2D eigenvalue weighted by Crippen LogP contribution is -2.49. The lowest BCUT2D eigenvalue weighted by atomic mass is 10.3. The fraction of sp³-hybridized carbons (Fsp3) is 0.400. The molecule has 25 heavy (non-hydrogen) atoms. The summed E-state index contributed by atoms with van der Waals surface area (Å²) in [5.74, 6) is 0.677. The number of nitrogens with one attached hydrogen (secondary N) is 1. The summed E-state index contributed by atoms with van der Waals surface area (Å²) < 4.78 is 4.97. The van der Waals surface area contributed by atoms with E-state index in [1.54, 1.807) is 4.90 Å². The van der Waals surface area contributed by atoms with E-state index in [0.717, 1.165) is 18.2 Å². The first-order valence-electron chi connectivity index (χ1n) is 7.94. The van der Waals surface area contributed by atoms with Crippen molar-refractivity contribution in [2.24, 2.45) is 0 Å². The maximum absolute atomic E-state index is 12.4. The Labute approximate surface area is 143 Å². The van der Waals surface area contributed by atoms with Gasteiger partial charge in [0, 0.05) is 32.7 Å². The molecular formula is C15H18N6O4. The van der Waals surface area contributed by atoms with Crippen LogP contribution in [-0.2, 0) is 0 Å². The van der Waals surface area contributed by atoms with Gasteiger partial charge in [-0.15, -0.1) is 10.2 Å². The Bertz CT molecular complexity index is 752. The molecule has 0 aliphatic carbocycles. The highest BCUT2D eigenvalue weighted by molar-refractivity contribution is 5.92. The molecule has 0 bridgehead atoms. The SMILES string of the molecule is CCNc1ccc(N2CCN(C(=O)c3ccc([N+](=O)[O-])o3)CC2)nn1. The van der Waals surface area contributed by atoms with Gasteiger partial charge in [-0.2, -0.15) is 0 Å². The number of furan rings is 1. The maximum atomic E-state index is 12.4. The van der Waals surface area contributed by atoms with Crippen LogP contribution >= 0.6 is 0 Å². The van der Waals surface area contributed by atoms with E-state index >= 15 is 0 Å². The Hall–Kier alpha value is -3.17. The molecule has 0 atom stereocenters. The molecule has 2 aromatic heterocycles. The minimum absolute atomic E-state index is 0.0186. The van der Waals surface area contributed by atoms with Gasteiger partial charge in [-0.05, 0) is 25.1 Å². The van der Waals surface area contributed by atoms with E-state index in [1.165, 1.54) is 12.1 Å². The van der Waals surface area contributed by atoms with Crippen molar-refractivity contribution < 1.29 is 14.1 Å². The summed E-state index contributed by atoms with van der Waals surface area (Å²) in [7, 11) is 0. The Balaban J connectivity index is 1.59. The van der Waals surface area contributed by atoms with Gasteiger partial charge in [0.05, 0.1) is 6.07 Å². The van der Waals surface area contributed by atoms with Crippen LogP contribution < -0.4 is 10.2 Å². The summed E-state index contributed by atoms with van der Waals surface area (Å²) in [6.07, 6.45) is 0. The first kappa shape index (κ1) is 16.7. The van der Waals surface area contributed by atoms with Crippen LogP contribution in [0.15, 0.2) is 28.7 Å². The quantitative estimate of drug-likeness (QED) is 0.637. The molecule has 0 spiro atoms. The number of hydrogen-bond donors (Lipinski definition) is 1. The Kier molecular flexibility index (Phi) is 4.78. The summed E-state index contributed by atoms with van der Waals surface area (Å²) >= 11 is 0. The Morgan fingerprint density at radius 1 is 1.24 bits per heavy atom. The van der Waals surface area contributed by atoms with Crippen molar-refractivity contribution in [1.82, 2.24) is 15.1 Å². The molecule has 2 aromatic rings. The number of amides is 1. The molecule has 0 radical (unpaired) electrons. The Morgan fingerprint density at radius 2 is 2.00 bits per heavy atom. The van der Waals surface area contributed by atoms with Gasteiger partial charge in [0.15, 0.2) is 11.6 Å². The van der Waals surface area contributed by atoms with Gasteiger partial charge >= 0.3 is 5.88 Å². The van der Waals surface area contributed by atoms with Crippen LogP contribution in [0.5, 0.6) is 0 Å². The highest BCUT2D eigenvalue weighted by atomic mass is 16.6. The van der Waals surface area contributed by atoms with Crippen LogP contribution in [0.2, 0.25) is 0 Å². The van der Waals surface area contributed by atoms with Gasteiger partial charge in [-0.1, -0.05) is 0 Å². The molecule has 1 aliphatic heterocycles. The van der Waals surface area contributed by atoms with Crippen LogP contribution in [0.4, 0.5) is 17.5 Å². The predicted octanol–water partition coefficient (Wildman–Crippen LogP) is 1.37. The van der Waals surface area contributed by atoms with E-state index in [9.17, 15) is 14.9 Å². The number of piperazine rings is 1. The number of hydrogen-bond acceptors (Lipinski definition) is 8. The second kappa shape index (κ2) is 7.16. The van der Waals surface area contributed by atoms with Crippen LogP contribution in [0.25, 0.3) is 0 Å². The summed E-state index contributed by atoms with van der Waals surface area (Å²) in [6, 6.07) is 6.27. The van der Waals surface area contributed by atoms with Crippen molar-refractivity contribution in [3.63, 3.8) is 0 Å². The minimum Gasteiger partial charge on any atom is -0.395 e. The monoisotopic (exact) mass is 346 g/mol.